The van der Waals surface area contributed by atoms with E-state index in [1.54, 1.807) is 26.4 Å². The van der Waals surface area contributed by atoms with Crippen molar-refractivity contribution in [3.63, 3.8) is 0 Å². The molecule has 312 valence electrons. The Morgan fingerprint density at radius 3 is 2.00 bits per heavy atom. The minimum Gasteiger partial charge on any atom is -0.497 e. The van der Waals surface area contributed by atoms with Crippen LogP contribution in [0.3, 0.4) is 0 Å². The first-order chi connectivity index (χ1) is 29.5. The van der Waals surface area contributed by atoms with Crippen LogP contribution in [0.1, 0.15) is 66.5 Å². The van der Waals surface area contributed by atoms with Crippen molar-refractivity contribution >= 4 is 28.2 Å². The summed E-state index contributed by atoms with van der Waals surface area (Å²) in [5.74, 6) is 2.33. The maximum Gasteiger partial charge on any atom is 0.416 e. The number of piperidine rings is 1. The van der Waals surface area contributed by atoms with Crippen LogP contribution in [-0.4, -0.2) is 53.6 Å². The van der Waals surface area contributed by atoms with Crippen molar-refractivity contribution < 1.29 is 32.1 Å². The number of methoxy groups -OCH3 is 2. The van der Waals surface area contributed by atoms with Crippen LogP contribution in [0, 0.1) is 0 Å². The lowest BCUT2D eigenvalue weighted by Crippen LogP contribution is -2.37. The van der Waals surface area contributed by atoms with Gasteiger partial charge in [0.15, 0.2) is 5.60 Å². The van der Waals surface area contributed by atoms with E-state index in [0.717, 1.165) is 141 Å². The Balaban J connectivity index is 1.19. The highest BCUT2D eigenvalue weighted by molar-refractivity contribution is 6.10. The molecule has 0 aromatic heterocycles. The van der Waals surface area contributed by atoms with Gasteiger partial charge >= 0.3 is 6.18 Å². The van der Waals surface area contributed by atoms with Crippen molar-refractivity contribution in [1.29, 1.82) is 0 Å². The van der Waals surface area contributed by atoms with Crippen molar-refractivity contribution in [3.8, 4) is 39.5 Å². The third-order valence-electron chi connectivity index (χ3n) is 13.4. The Morgan fingerprint density at radius 1 is 0.672 bits per heavy atom. The molecule has 3 heterocycles. The molecule has 1 unspecified atom stereocenters. The topological polar surface area (TPSA) is 43.4 Å². The van der Waals surface area contributed by atoms with Crippen molar-refractivity contribution in [2.45, 2.75) is 50.3 Å². The molecule has 6 nitrogen and oxygen atoms in total. The van der Waals surface area contributed by atoms with Crippen molar-refractivity contribution in [3.05, 3.63) is 143 Å². The van der Waals surface area contributed by atoms with Gasteiger partial charge in [0.2, 0.25) is 0 Å². The number of morpholine rings is 1. The maximum atomic E-state index is 13.5. The minimum atomic E-state index is -4.40. The molecule has 6 aromatic rings. The number of alkyl halides is 3. The molecule has 6 aromatic carbocycles. The SMILES string of the molecule is COc1ccc(C2(c3ccc(N4CCOCC4)cc3)C=Cc3c4c(c5cc(N6CCCCC6)c(OC)cc5c3O2)-c2ccc(-c3ccc(C(F)(F)F)cc3)cc2C4(C)C)cc1. The summed E-state index contributed by atoms with van der Waals surface area (Å²) in [6, 6.07) is 33.1. The van der Waals surface area contributed by atoms with Crippen LogP contribution in [0.15, 0.2) is 109 Å². The summed E-state index contributed by atoms with van der Waals surface area (Å²) in [4.78, 5) is 4.80. The number of benzene rings is 6. The summed E-state index contributed by atoms with van der Waals surface area (Å²) in [7, 11) is 3.42. The zero-order valence-corrected chi connectivity index (χ0v) is 35.0. The van der Waals surface area contributed by atoms with Gasteiger partial charge in [-0.1, -0.05) is 68.5 Å². The molecule has 1 aliphatic carbocycles. The second kappa shape index (κ2) is 14.9. The third kappa shape index (κ3) is 6.51. The fourth-order valence-corrected chi connectivity index (χ4v) is 10.1. The molecule has 10 rings (SSSR count). The number of hydrogen-bond donors (Lipinski definition) is 0. The van der Waals surface area contributed by atoms with Crippen LogP contribution in [0.2, 0.25) is 0 Å². The molecule has 9 heteroatoms. The Hall–Kier alpha value is -5.93. The van der Waals surface area contributed by atoms with Crippen LogP contribution in [0.5, 0.6) is 17.2 Å². The van der Waals surface area contributed by atoms with Gasteiger partial charge in [0.25, 0.3) is 0 Å². The van der Waals surface area contributed by atoms with Crippen LogP contribution in [-0.2, 0) is 21.9 Å². The highest BCUT2D eigenvalue weighted by Crippen LogP contribution is 2.59. The molecule has 0 radical (unpaired) electrons. The van der Waals surface area contributed by atoms with E-state index in [2.05, 4.69) is 96.5 Å². The second-order valence-corrected chi connectivity index (χ2v) is 17.1. The lowest BCUT2D eigenvalue weighted by molar-refractivity contribution is -0.137. The first-order valence-corrected chi connectivity index (χ1v) is 21.3. The molecule has 61 heavy (non-hydrogen) atoms. The van der Waals surface area contributed by atoms with Crippen LogP contribution < -0.4 is 24.0 Å². The molecule has 2 fully saturated rings. The maximum absolute atomic E-state index is 13.5. The molecule has 1 atom stereocenters. The summed E-state index contributed by atoms with van der Waals surface area (Å²) >= 11 is 0. The van der Waals surface area contributed by atoms with Crippen LogP contribution in [0.4, 0.5) is 24.5 Å². The summed E-state index contributed by atoms with van der Waals surface area (Å²) in [5, 5.41) is 2.03. The van der Waals surface area contributed by atoms with E-state index in [1.165, 1.54) is 6.42 Å². The monoisotopic (exact) mass is 822 g/mol. The highest BCUT2D eigenvalue weighted by atomic mass is 19.4. The minimum absolute atomic E-state index is 0.496. The van der Waals surface area contributed by atoms with E-state index < -0.39 is 22.8 Å². The molecule has 0 spiro atoms. The standard InChI is InChI=1S/C52H49F3N2O4/c1-50(2)44-30-34(33-8-11-37(12-9-33)52(53,54)55)10-21-40(44)47-42-31-45(57-24-6-5-7-25-57)46(59-4)32-43(42)49-41(48(47)50)22-23-51(61-49,36-15-19-39(58-3)20-16-36)35-13-17-38(18-14-35)56-26-28-60-29-27-56/h8-23,30-32H,5-7,24-29H2,1-4H3. The Labute approximate surface area is 355 Å². The Morgan fingerprint density at radius 2 is 1.34 bits per heavy atom. The fraction of sp³-hybridized carbons (Fsp3) is 0.308. The number of anilines is 2. The number of hydrogen-bond acceptors (Lipinski definition) is 6. The lowest BCUT2D eigenvalue weighted by atomic mass is 9.76. The van der Waals surface area contributed by atoms with Gasteiger partial charge in [-0.05, 0) is 119 Å². The van der Waals surface area contributed by atoms with Gasteiger partial charge in [0.1, 0.15) is 17.2 Å². The number of fused-ring (bicyclic) bond motifs is 8. The van der Waals surface area contributed by atoms with Crippen molar-refractivity contribution in [2.75, 3.05) is 63.4 Å². The van der Waals surface area contributed by atoms with Gasteiger partial charge in [0, 0.05) is 59.4 Å². The van der Waals surface area contributed by atoms with Gasteiger partial charge < -0.3 is 28.7 Å². The molecule has 0 saturated carbocycles. The molecule has 0 bridgehead atoms. The lowest BCUT2D eigenvalue weighted by Gasteiger charge is -2.39. The van der Waals surface area contributed by atoms with Gasteiger partial charge in [0.05, 0.1) is 38.7 Å². The van der Waals surface area contributed by atoms with Crippen molar-refractivity contribution in [2.24, 2.45) is 0 Å². The molecular weight excluding hydrogens is 774 g/mol. The quantitative estimate of drug-likeness (QED) is 0.160. The molecule has 4 aliphatic rings. The normalized spacial score (nSPS) is 19.3. The zero-order valence-electron chi connectivity index (χ0n) is 35.0. The molecule has 0 amide bonds. The predicted octanol–water partition coefficient (Wildman–Crippen LogP) is 12.0. The first kappa shape index (κ1) is 39.2. The van der Waals surface area contributed by atoms with Gasteiger partial charge in [-0.3, -0.25) is 0 Å². The van der Waals surface area contributed by atoms with Gasteiger partial charge in [-0.2, -0.15) is 13.2 Å². The number of ether oxygens (including phenoxy) is 4. The van der Waals surface area contributed by atoms with Gasteiger partial charge in [-0.15, -0.1) is 0 Å². The van der Waals surface area contributed by atoms with E-state index in [1.807, 2.05) is 18.2 Å². The van der Waals surface area contributed by atoms with E-state index in [9.17, 15) is 13.2 Å². The van der Waals surface area contributed by atoms with E-state index in [-0.39, 0.29) is 0 Å². The molecular formula is C52H49F3N2O4. The largest absolute Gasteiger partial charge is 0.497 e. The summed E-state index contributed by atoms with van der Waals surface area (Å²) in [6.07, 6.45) is 3.48. The Bertz CT molecular complexity index is 2660. The smallest absolute Gasteiger partial charge is 0.416 e. The number of nitrogens with zero attached hydrogens (tertiary/aromatic N) is 2. The summed E-state index contributed by atoms with van der Waals surface area (Å²) in [5.41, 5.74) is 9.15. The molecule has 2 saturated heterocycles. The van der Waals surface area contributed by atoms with E-state index in [0.29, 0.717) is 13.2 Å². The molecule has 0 N–H and O–H groups in total. The molecule has 3 aliphatic heterocycles. The number of halogens is 3. The fourth-order valence-electron chi connectivity index (χ4n) is 10.1. The van der Waals surface area contributed by atoms with Crippen LogP contribution >= 0.6 is 0 Å². The highest BCUT2D eigenvalue weighted by Gasteiger charge is 2.45. The summed E-state index contributed by atoms with van der Waals surface area (Å²) in [6.45, 7) is 9.50. The summed E-state index contributed by atoms with van der Waals surface area (Å²) < 4.78 is 65.8. The van der Waals surface area contributed by atoms with E-state index in [4.69, 9.17) is 18.9 Å². The average Bonchev–Trinajstić information content (AvgIpc) is 3.54. The second-order valence-electron chi connectivity index (χ2n) is 17.1. The first-order valence-electron chi connectivity index (χ1n) is 21.3. The van der Waals surface area contributed by atoms with Gasteiger partial charge in [-0.25, -0.2) is 0 Å². The predicted molar refractivity (Wildman–Crippen MR) is 237 cm³/mol. The van der Waals surface area contributed by atoms with Crippen LogP contribution in [0.25, 0.3) is 39.1 Å². The number of rotatable bonds is 7. The van der Waals surface area contributed by atoms with Crippen molar-refractivity contribution in [1.82, 2.24) is 0 Å². The zero-order chi connectivity index (χ0) is 42.1. The average molecular weight is 823 g/mol. The third-order valence-corrected chi connectivity index (χ3v) is 13.4. The Kier molecular flexibility index (Phi) is 9.59. The van der Waals surface area contributed by atoms with E-state index >= 15 is 0 Å².